The molecule has 5 aliphatic carbocycles. The Morgan fingerprint density at radius 3 is 2.68 bits per heavy atom. The Morgan fingerprint density at radius 2 is 1.90 bits per heavy atom. The third kappa shape index (κ3) is 3.28. The fraction of sp³-hybridized carbons (Fsp3) is 0.704. The number of β-amino-alcohol motifs (C(OH)–C–C–N with tert-alkyl or cyclic N) is 1. The summed E-state index contributed by atoms with van der Waals surface area (Å²) in [6.45, 7) is 6.23. The monoisotopic (exact) mass is 424 g/mol. The highest BCUT2D eigenvalue weighted by Crippen LogP contribution is 2.63. The van der Waals surface area contributed by atoms with E-state index in [-0.39, 0.29) is 11.4 Å². The Morgan fingerprint density at radius 1 is 1.16 bits per heavy atom. The molecule has 0 radical (unpaired) electrons. The van der Waals surface area contributed by atoms with Crippen LogP contribution in [0.5, 0.6) is 0 Å². The number of aliphatic hydroxyl groups is 1. The molecule has 4 saturated carbocycles. The van der Waals surface area contributed by atoms with Gasteiger partial charge in [0.2, 0.25) is 0 Å². The summed E-state index contributed by atoms with van der Waals surface area (Å²) in [5, 5.41) is 16.0. The molecule has 2 N–H and O–H groups in total. The average molecular weight is 425 g/mol. The van der Waals surface area contributed by atoms with Crippen LogP contribution in [0.4, 0.5) is 4.39 Å². The number of nitrogens with zero attached hydrogens (tertiary/aromatic N) is 1. The van der Waals surface area contributed by atoms with Crippen LogP contribution in [0.2, 0.25) is 0 Å². The summed E-state index contributed by atoms with van der Waals surface area (Å²) in [7, 11) is 0. The Labute approximate surface area is 185 Å². The number of hydrogen-bond acceptors (Lipinski definition) is 2. The van der Waals surface area contributed by atoms with Gasteiger partial charge >= 0.3 is 0 Å². The van der Waals surface area contributed by atoms with Gasteiger partial charge in [0.15, 0.2) is 0 Å². The lowest BCUT2D eigenvalue weighted by Gasteiger charge is -2.64. The van der Waals surface area contributed by atoms with Gasteiger partial charge in [0.05, 0.1) is 12.6 Å². The topological polar surface area (TPSA) is 37.2 Å². The molecule has 0 amide bonds. The van der Waals surface area contributed by atoms with E-state index < -0.39 is 6.10 Å². The molecule has 0 spiro atoms. The molecule has 1 aromatic heterocycles. The van der Waals surface area contributed by atoms with E-state index in [1.807, 2.05) is 6.07 Å². The van der Waals surface area contributed by atoms with Crippen LogP contribution in [-0.2, 0) is 19.4 Å². The summed E-state index contributed by atoms with van der Waals surface area (Å²) in [6.07, 6.45) is 10.6. The first-order chi connectivity index (χ1) is 14.8. The van der Waals surface area contributed by atoms with Crippen LogP contribution < -0.4 is 5.32 Å². The van der Waals surface area contributed by atoms with Crippen LogP contribution in [-0.4, -0.2) is 27.9 Å². The second-order valence-corrected chi connectivity index (χ2v) is 11.9. The molecule has 3 atom stereocenters. The van der Waals surface area contributed by atoms with Crippen LogP contribution in [0, 0.1) is 29.0 Å². The number of fused-ring (bicyclic) bond motifs is 3. The summed E-state index contributed by atoms with van der Waals surface area (Å²) >= 11 is 0. The van der Waals surface area contributed by atoms with Gasteiger partial charge in [-0.15, -0.1) is 0 Å². The maximum atomic E-state index is 13.9. The molecule has 0 aliphatic heterocycles. The summed E-state index contributed by atoms with van der Waals surface area (Å²) in [4.78, 5) is 0. The Balaban J connectivity index is 1.21. The highest BCUT2D eigenvalue weighted by molar-refractivity contribution is 5.86. The fourth-order valence-electron chi connectivity index (χ4n) is 8.45. The van der Waals surface area contributed by atoms with Gasteiger partial charge in [-0.2, -0.15) is 0 Å². The zero-order valence-electron chi connectivity index (χ0n) is 19.1. The molecule has 31 heavy (non-hydrogen) atoms. The minimum Gasteiger partial charge on any atom is -0.390 e. The van der Waals surface area contributed by atoms with Crippen LogP contribution in [0.15, 0.2) is 18.2 Å². The molecule has 1 aromatic carbocycles. The van der Waals surface area contributed by atoms with Gasteiger partial charge in [-0.1, -0.05) is 13.8 Å². The molecule has 0 saturated heterocycles. The van der Waals surface area contributed by atoms with Crippen molar-refractivity contribution in [2.45, 2.75) is 89.8 Å². The molecule has 3 nitrogen and oxygen atoms in total. The van der Waals surface area contributed by atoms with E-state index in [2.05, 4.69) is 23.7 Å². The quantitative estimate of drug-likeness (QED) is 0.691. The summed E-state index contributed by atoms with van der Waals surface area (Å²) in [5.74, 6) is 2.41. The van der Waals surface area contributed by atoms with E-state index >= 15 is 0 Å². The molecule has 1 heterocycles. The van der Waals surface area contributed by atoms with Crippen molar-refractivity contribution in [2.24, 2.45) is 23.2 Å². The van der Waals surface area contributed by atoms with Gasteiger partial charge in [0.25, 0.3) is 0 Å². The largest absolute Gasteiger partial charge is 0.390 e. The van der Waals surface area contributed by atoms with Crippen molar-refractivity contribution in [3.05, 3.63) is 35.3 Å². The number of aromatic nitrogens is 1. The first-order valence-electron chi connectivity index (χ1n) is 12.6. The van der Waals surface area contributed by atoms with Crippen LogP contribution in [0.3, 0.4) is 0 Å². The normalized spacial score (nSPS) is 37.4. The molecule has 2 aromatic rings. The lowest BCUT2D eigenvalue weighted by atomic mass is 9.44. The smallest absolute Gasteiger partial charge is 0.123 e. The first kappa shape index (κ1) is 20.2. The van der Waals surface area contributed by atoms with E-state index in [9.17, 15) is 9.50 Å². The highest BCUT2D eigenvalue weighted by atomic mass is 19.1. The third-order valence-electron chi connectivity index (χ3n) is 9.51. The van der Waals surface area contributed by atoms with Gasteiger partial charge in [-0.05, 0) is 105 Å². The van der Waals surface area contributed by atoms with Crippen LogP contribution in [0.1, 0.15) is 70.1 Å². The summed E-state index contributed by atoms with van der Waals surface area (Å²) in [6, 6.07) is 5.16. The summed E-state index contributed by atoms with van der Waals surface area (Å²) in [5.41, 5.74) is 4.44. The molecule has 4 heteroatoms. The number of nitrogens with one attached hydrogen (secondary N) is 1. The van der Waals surface area contributed by atoms with Gasteiger partial charge < -0.3 is 15.0 Å². The molecule has 3 unspecified atom stereocenters. The maximum Gasteiger partial charge on any atom is 0.123 e. The van der Waals surface area contributed by atoms with Crippen molar-refractivity contribution in [1.82, 2.24) is 9.88 Å². The SMILES string of the molecule is CC1C2CC3(C)CC1CC(NCC(O)Cn1c4c(c5cc(F)ccc51)CCCC4)(C2)C3. The van der Waals surface area contributed by atoms with Gasteiger partial charge in [-0.25, -0.2) is 4.39 Å². The zero-order valence-corrected chi connectivity index (χ0v) is 19.1. The molecular formula is C27H37FN2O. The number of hydrogen-bond donors (Lipinski definition) is 2. The lowest BCUT2D eigenvalue weighted by Crippen LogP contribution is -2.64. The average Bonchev–Trinajstić information content (AvgIpc) is 3.02. The van der Waals surface area contributed by atoms with E-state index in [4.69, 9.17) is 0 Å². The number of aliphatic hydroxyl groups excluding tert-OH is 1. The van der Waals surface area contributed by atoms with E-state index in [1.54, 1.807) is 12.1 Å². The second kappa shape index (κ2) is 7.05. The zero-order chi connectivity index (χ0) is 21.4. The predicted octanol–water partition coefficient (Wildman–Crippen LogP) is 5.21. The minimum absolute atomic E-state index is 0.162. The third-order valence-corrected chi connectivity index (χ3v) is 9.51. The van der Waals surface area contributed by atoms with Crippen molar-refractivity contribution >= 4 is 10.9 Å². The van der Waals surface area contributed by atoms with Crippen molar-refractivity contribution in [3.63, 3.8) is 0 Å². The van der Waals surface area contributed by atoms with Crippen molar-refractivity contribution in [1.29, 1.82) is 0 Å². The van der Waals surface area contributed by atoms with Crippen molar-refractivity contribution in [3.8, 4) is 0 Å². The van der Waals surface area contributed by atoms with E-state index in [1.165, 1.54) is 56.2 Å². The number of rotatable bonds is 5. The van der Waals surface area contributed by atoms with Gasteiger partial charge in [0.1, 0.15) is 5.82 Å². The van der Waals surface area contributed by atoms with Crippen molar-refractivity contribution < 1.29 is 9.50 Å². The van der Waals surface area contributed by atoms with E-state index in [0.29, 0.717) is 18.5 Å². The summed E-state index contributed by atoms with van der Waals surface area (Å²) < 4.78 is 16.2. The second-order valence-electron chi connectivity index (χ2n) is 11.9. The van der Waals surface area contributed by atoms with Crippen LogP contribution >= 0.6 is 0 Å². The standard InChI is InChI=1S/C27H37FN2O/c1-17-18-10-26(2)11-19(17)13-27(12-18,16-26)29-14-21(31)15-30-24-6-4-3-5-22(24)23-9-20(28)7-8-25(23)30/h7-9,17-19,21,29,31H,3-6,10-16H2,1-2H3. The molecule has 168 valence electrons. The fourth-order valence-corrected chi connectivity index (χ4v) is 8.45. The highest BCUT2D eigenvalue weighted by Gasteiger charge is 2.58. The van der Waals surface area contributed by atoms with E-state index in [0.717, 1.165) is 41.5 Å². The Hall–Kier alpha value is -1.39. The number of benzene rings is 1. The van der Waals surface area contributed by atoms with Gasteiger partial charge in [0, 0.05) is 28.7 Å². The molecule has 5 aliphatic rings. The molecule has 4 fully saturated rings. The first-order valence-corrected chi connectivity index (χ1v) is 12.6. The lowest BCUT2D eigenvalue weighted by molar-refractivity contribution is -0.108. The molecular weight excluding hydrogens is 387 g/mol. The van der Waals surface area contributed by atoms with Crippen molar-refractivity contribution in [2.75, 3.05) is 6.54 Å². The Bertz CT molecular complexity index is 994. The Kier molecular flexibility index (Phi) is 4.60. The molecule has 4 bridgehead atoms. The minimum atomic E-state index is -0.426. The predicted molar refractivity (Wildman–Crippen MR) is 123 cm³/mol. The number of halogens is 1. The maximum absolute atomic E-state index is 13.9. The van der Waals surface area contributed by atoms with Gasteiger partial charge in [-0.3, -0.25) is 0 Å². The number of aryl methyl sites for hydroxylation is 1. The molecule has 7 rings (SSSR count). The van der Waals surface area contributed by atoms with Crippen LogP contribution in [0.25, 0.3) is 10.9 Å².